The van der Waals surface area contributed by atoms with Crippen LogP contribution in [0.25, 0.3) is 0 Å². The van der Waals surface area contributed by atoms with Gasteiger partial charge in [-0.25, -0.2) is 4.79 Å². The molecular formula is C24H28N4O5. The number of nitrogens with zero attached hydrogens (tertiary/aromatic N) is 2. The molecule has 0 aromatic heterocycles. The number of carbonyl (C=O) groups excluding carboxylic acids is 3. The molecule has 9 nitrogen and oxygen atoms in total. The van der Waals surface area contributed by atoms with Crippen LogP contribution in [0.2, 0.25) is 0 Å². The first-order valence-corrected chi connectivity index (χ1v) is 11.1. The molecule has 0 unspecified atom stereocenters. The second-order valence-corrected chi connectivity index (χ2v) is 8.15. The fourth-order valence-corrected chi connectivity index (χ4v) is 3.95. The summed E-state index contributed by atoms with van der Waals surface area (Å²) in [5.74, 6) is 0.784. The zero-order valence-electron chi connectivity index (χ0n) is 18.6. The van der Waals surface area contributed by atoms with Crippen LogP contribution in [0, 0.1) is 6.92 Å². The highest BCUT2D eigenvalue weighted by Gasteiger charge is 2.22. The molecule has 0 aliphatic carbocycles. The summed E-state index contributed by atoms with van der Waals surface area (Å²) >= 11 is 0. The number of nitrogens with one attached hydrogen (secondary N) is 2. The van der Waals surface area contributed by atoms with E-state index in [1.807, 2.05) is 41.0 Å². The second-order valence-electron chi connectivity index (χ2n) is 8.15. The third-order valence-electron chi connectivity index (χ3n) is 5.56. The topological polar surface area (TPSA) is 100 Å². The Hall–Kier alpha value is -3.59. The number of ether oxygens (including phenoxy) is 2. The Kier molecular flexibility index (Phi) is 7.09. The van der Waals surface area contributed by atoms with Gasteiger partial charge >= 0.3 is 6.03 Å². The minimum Gasteiger partial charge on any atom is -0.486 e. The van der Waals surface area contributed by atoms with E-state index < -0.39 is 11.9 Å². The normalized spacial score (nSPS) is 16.0. The highest BCUT2D eigenvalue weighted by Crippen LogP contribution is 2.32. The fraction of sp³-hybridized carbons (Fsp3) is 0.375. The molecule has 2 aromatic rings. The summed E-state index contributed by atoms with van der Waals surface area (Å²) in [7, 11) is 0. The molecule has 33 heavy (non-hydrogen) atoms. The number of amides is 4. The summed E-state index contributed by atoms with van der Waals surface area (Å²) in [6, 6.07) is 12.0. The van der Waals surface area contributed by atoms with Gasteiger partial charge in [0, 0.05) is 43.5 Å². The lowest BCUT2D eigenvalue weighted by Gasteiger charge is -2.22. The Bertz CT molecular complexity index is 1040. The Morgan fingerprint density at radius 1 is 0.939 bits per heavy atom. The Labute approximate surface area is 192 Å². The van der Waals surface area contributed by atoms with E-state index in [4.69, 9.17) is 9.47 Å². The van der Waals surface area contributed by atoms with E-state index in [0.29, 0.717) is 62.1 Å². The zero-order chi connectivity index (χ0) is 23.2. The largest absolute Gasteiger partial charge is 0.486 e. The van der Waals surface area contributed by atoms with Gasteiger partial charge in [0.25, 0.3) is 5.91 Å². The lowest BCUT2D eigenvalue weighted by Crippen LogP contribution is -2.43. The number of carbonyl (C=O) groups is 3. The Morgan fingerprint density at radius 3 is 2.58 bits per heavy atom. The molecule has 174 valence electrons. The van der Waals surface area contributed by atoms with Gasteiger partial charge in [0.05, 0.1) is 6.54 Å². The van der Waals surface area contributed by atoms with Gasteiger partial charge < -0.3 is 19.7 Å². The summed E-state index contributed by atoms with van der Waals surface area (Å²) in [6.45, 7) is 5.39. The average molecular weight is 453 g/mol. The van der Waals surface area contributed by atoms with Crippen LogP contribution in [-0.4, -0.2) is 73.6 Å². The second kappa shape index (κ2) is 10.4. The maximum Gasteiger partial charge on any atom is 0.325 e. The lowest BCUT2D eigenvalue weighted by molar-refractivity contribution is -0.121. The fourth-order valence-electron chi connectivity index (χ4n) is 3.95. The third-order valence-corrected chi connectivity index (χ3v) is 5.56. The Balaban J connectivity index is 1.25. The molecule has 0 saturated carbocycles. The van der Waals surface area contributed by atoms with Gasteiger partial charge in [-0.3, -0.25) is 19.8 Å². The number of aryl methyl sites for hydroxylation is 1. The molecule has 4 amide bonds. The van der Waals surface area contributed by atoms with Crippen molar-refractivity contribution in [2.75, 3.05) is 51.3 Å². The third kappa shape index (κ3) is 6.01. The maximum absolute atomic E-state index is 12.8. The molecule has 9 heteroatoms. The van der Waals surface area contributed by atoms with Crippen molar-refractivity contribution in [3.8, 4) is 11.5 Å². The summed E-state index contributed by atoms with van der Waals surface area (Å²) in [6.07, 6.45) is 0.758. The lowest BCUT2D eigenvalue weighted by atomic mass is 10.1. The van der Waals surface area contributed by atoms with E-state index in [2.05, 4.69) is 10.6 Å². The molecule has 2 heterocycles. The van der Waals surface area contributed by atoms with Gasteiger partial charge in [-0.05, 0) is 37.6 Å². The summed E-state index contributed by atoms with van der Waals surface area (Å²) in [5.41, 5.74) is 2.23. The van der Waals surface area contributed by atoms with Crippen LogP contribution in [-0.2, 0) is 4.79 Å². The van der Waals surface area contributed by atoms with Gasteiger partial charge in [-0.15, -0.1) is 0 Å². The van der Waals surface area contributed by atoms with E-state index in [9.17, 15) is 14.4 Å². The summed E-state index contributed by atoms with van der Waals surface area (Å²) in [4.78, 5) is 41.2. The van der Waals surface area contributed by atoms with Gasteiger partial charge in [-0.2, -0.15) is 0 Å². The molecule has 1 saturated heterocycles. The number of hydrogen-bond donors (Lipinski definition) is 2. The molecule has 2 aromatic carbocycles. The first-order chi connectivity index (χ1) is 16.0. The molecule has 2 aliphatic heterocycles. The number of anilines is 1. The van der Waals surface area contributed by atoms with Crippen LogP contribution >= 0.6 is 0 Å². The van der Waals surface area contributed by atoms with E-state index in [1.54, 1.807) is 18.2 Å². The molecule has 2 N–H and O–H groups in total. The number of imide groups is 1. The molecular weight excluding hydrogens is 424 g/mol. The minimum absolute atomic E-state index is 0.00353. The monoisotopic (exact) mass is 452 g/mol. The minimum atomic E-state index is -0.609. The van der Waals surface area contributed by atoms with Crippen LogP contribution in [0.4, 0.5) is 10.5 Å². The van der Waals surface area contributed by atoms with Crippen molar-refractivity contribution >= 4 is 23.5 Å². The standard InChI is InChI=1S/C24H28N4O5/c1-17-4-2-5-18(14-17)23(30)28-9-3-8-27(10-11-28)16-22(29)26-24(31)25-19-6-7-20-21(15-19)33-13-12-32-20/h2,4-7,14-15H,3,8-13,16H2,1H3,(H2,25,26,29,31). The maximum atomic E-state index is 12.8. The van der Waals surface area contributed by atoms with E-state index in [-0.39, 0.29) is 12.5 Å². The van der Waals surface area contributed by atoms with Crippen molar-refractivity contribution < 1.29 is 23.9 Å². The molecule has 0 spiro atoms. The molecule has 1 fully saturated rings. The van der Waals surface area contributed by atoms with E-state index >= 15 is 0 Å². The van der Waals surface area contributed by atoms with Gasteiger partial charge in [0.2, 0.25) is 5.91 Å². The van der Waals surface area contributed by atoms with Gasteiger partial charge in [-0.1, -0.05) is 17.7 Å². The number of hydrogen-bond acceptors (Lipinski definition) is 6. The highest BCUT2D eigenvalue weighted by molar-refractivity contribution is 6.02. The zero-order valence-corrected chi connectivity index (χ0v) is 18.6. The summed E-state index contributed by atoms with van der Waals surface area (Å²) < 4.78 is 11.0. The molecule has 4 rings (SSSR count). The average Bonchev–Trinajstić information content (AvgIpc) is 3.04. The summed E-state index contributed by atoms with van der Waals surface area (Å²) in [5, 5.41) is 5.00. The smallest absolute Gasteiger partial charge is 0.325 e. The van der Waals surface area contributed by atoms with E-state index in [1.165, 1.54) is 0 Å². The molecule has 2 aliphatic rings. The molecule has 0 atom stereocenters. The predicted octanol–water partition coefficient (Wildman–Crippen LogP) is 2.26. The number of benzene rings is 2. The van der Waals surface area contributed by atoms with Crippen molar-refractivity contribution in [2.45, 2.75) is 13.3 Å². The van der Waals surface area contributed by atoms with Crippen LogP contribution < -0.4 is 20.1 Å². The quantitative estimate of drug-likeness (QED) is 0.738. The highest BCUT2D eigenvalue weighted by atomic mass is 16.6. The van der Waals surface area contributed by atoms with Crippen LogP contribution in [0.1, 0.15) is 22.3 Å². The van der Waals surface area contributed by atoms with Crippen LogP contribution in [0.15, 0.2) is 42.5 Å². The Morgan fingerprint density at radius 2 is 1.76 bits per heavy atom. The van der Waals surface area contributed by atoms with Crippen molar-refractivity contribution in [2.24, 2.45) is 0 Å². The predicted molar refractivity (Wildman–Crippen MR) is 123 cm³/mol. The number of rotatable bonds is 4. The first-order valence-electron chi connectivity index (χ1n) is 11.1. The molecule has 0 radical (unpaired) electrons. The van der Waals surface area contributed by atoms with Crippen LogP contribution in [0.3, 0.4) is 0 Å². The van der Waals surface area contributed by atoms with Crippen molar-refractivity contribution in [3.05, 3.63) is 53.6 Å². The van der Waals surface area contributed by atoms with Crippen molar-refractivity contribution in [3.63, 3.8) is 0 Å². The first kappa shape index (κ1) is 22.6. The number of fused-ring (bicyclic) bond motifs is 1. The number of urea groups is 1. The molecule has 0 bridgehead atoms. The van der Waals surface area contributed by atoms with Gasteiger partial charge in [0.1, 0.15) is 13.2 Å². The van der Waals surface area contributed by atoms with Gasteiger partial charge in [0.15, 0.2) is 11.5 Å². The van der Waals surface area contributed by atoms with E-state index in [0.717, 1.165) is 12.0 Å². The van der Waals surface area contributed by atoms with Crippen molar-refractivity contribution in [1.82, 2.24) is 15.1 Å². The van der Waals surface area contributed by atoms with Crippen molar-refractivity contribution in [1.29, 1.82) is 0 Å². The SMILES string of the molecule is Cc1cccc(C(=O)N2CCCN(CC(=O)NC(=O)Nc3ccc4c(c3)OCCO4)CC2)c1. The van der Waals surface area contributed by atoms with Crippen LogP contribution in [0.5, 0.6) is 11.5 Å².